The molecule has 136 valence electrons. The number of hydrogen-bond acceptors (Lipinski definition) is 4. The average Bonchev–Trinajstić information content (AvgIpc) is 2.73. The fourth-order valence-corrected chi connectivity index (χ4v) is 2.39. The number of methoxy groups -OCH3 is 1. The molecule has 0 saturated carbocycles. The summed E-state index contributed by atoms with van der Waals surface area (Å²) in [7, 11) is 1.60. The molecule has 27 heavy (non-hydrogen) atoms. The van der Waals surface area contributed by atoms with E-state index in [0.29, 0.717) is 12.2 Å². The highest BCUT2D eigenvalue weighted by atomic mass is 16.5. The largest absolute Gasteiger partial charge is 0.497 e. The van der Waals surface area contributed by atoms with Crippen LogP contribution in [0.5, 0.6) is 11.5 Å². The maximum Gasteiger partial charge on any atom is 0.271 e. The number of para-hydroxylation sites is 1. The van der Waals surface area contributed by atoms with Crippen molar-refractivity contribution >= 4 is 12.1 Å². The summed E-state index contributed by atoms with van der Waals surface area (Å²) in [6.07, 6.45) is 1.57. The van der Waals surface area contributed by atoms with Gasteiger partial charge in [0.05, 0.1) is 13.3 Å². The number of nitrogens with zero attached hydrogens (tertiary/aromatic N) is 1. The molecule has 0 aliphatic carbocycles. The van der Waals surface area contributed by atoms with Crippen LogP contribution in [0.1, 0.15) is 21.5 Å². The zero-order chi connectivity index (χ0) is 18.9. The summed E-state index contributed by atoms with van der Waals surface area (Å²) in [5.74, 6) is 1.27. The van der Waals surface area contributed by atoms with Crippen LogP contribution in [0.25, 0.3) is 0 Å². The highest BCUT2D eigenvalue weighted by Gasteiger charge is 2.04. The van der Waals surface area contributed by atoms with Crippen LogP contribution in [-0.2, 0) is 6.61 Å². The number of carbonyl (C=O) groups is 1. The van der Waals surface area contributed by atoms with Crippen molar-refractivity contribution in [1.29, 1.82) is 0 Å². The first-order chi connectivity index (χ1) is 13.2. The number of rotatable bonds is 7. The Morgan fingerprint density at radius 3 is 2.44 bits per heavy atom. The fraction of sp³-hybridized carbons (Fsp3) is 0.0909. The minimum absolute atomic E-state index is 0.273. The lowest BCUT2D eigenvalue weighted by Crippen LogP contribution is -2.17. The Morgan fingerprint density at radius 1 is 0.963 bits per heavy atom. The Labute approximate surface area is 158 Å². The van der Waals surface area contributed by atoms with Gasteiger partial charge in [-0.1, -0.05) is 42.5 Å². The summed E-state index contributed by atoms with van der Waals surface area (Å²) in [6, 6.07) is 24.2. The molecule has 0 heterocycles. The first-order valence-corrected chi connectivity index (χ1v) is 8.49. The van der Waals surface area contributed by atoms with Crippen LogP contribution in [0.15, 0.2) is 84.0 Å². The lowest BCUT2D eigenvalue weighted by atomic mass is 10.1. The van der Waals surface area contributed by atoms with E-state index in [1.807, 2.05) is 66.7 Å². The fourth-order valence-electron chi connectivity index (χ4n) is 2.39. The van der Waals surface area contributed by atoms with Gasteiger partial charge in [-0.2, -0.15) is 5.10 Å². The summed E-state index contributed by atoms with van der Waals surface area (Å²) in [4.78, 5) is 12.2. The molecule has 0 radical (unpaired) electrons. The maximum absolute atomic E-state index is 12.2. The van der Waals surface area contributed by atoms with Gasteiger partial charge < -0.3 is 9.47 Å². The summed E-state index contributed by atoms with van der Waals surface area (Å²) in [5.41, 5.74) is 4.87. The van der Waals surface area contributed by atoms with Crippen molar-refractivity contribution in [3.8, 4) is 11.5 Å². The third-order valence-electron chi connectivity index (χ3n) is 3.84. The van der Waals surface area contributed by atoms with Crippen molar-refractivity contribution in [2.75, 3.05) is 7.11 Å². The minimum Gasteiger partial charge on any atom is -0.497 e. The summed E-state index contributed by atoms with van der Waals surface area (Å²) < 4.78 is 10.8. The molecule has 0 atom stereocenters. The van der Waals surface area contributed by atoms with E-state index in [0.717, 1.165) is 22.6 Å². The topological polar surface area (TPSA) is 59.9 Å². The Kier molecular flexibility index (Phi) is 6.20. The molecule has 0 aliphatic rings. The molecule has 0 saturated heterocycles. The molecule has 5 heteroatoms. The Balaban J connectivity index is 1.53. The van der Waals surface area contributed by atoms with Crippen LogP contribution in [0.3, 0.4) is 0 Å². The SMILES string of the molecule is COc1cccc(/C=N\NC(=O)c2ccc(COc3ccccc3)cc2)c1. The predicted octanol–water partition coefficient (Wildman–Crippen LogP) is 4.04. The summed E-state index contributed by atoms with van der Waals surface area (Å²) in [6.45, 7) is 0.444. The van der Waals surface area contributed by atoms with Gasteiger partial charge >= 0.3 is 0 Å². The third kappa shape index (κ3) is 5.44. The minimum atomic E-state index is -0.273. The van der Waals surface area contributed by atoms with Gasteiger partial charge in [0.2, 0.25) is 0 Å². The number of benzene rings is 3. The van der Waals surface area contributed by atoms with Gasteiger partial charge in [0.15, 0.2) is 0 Å². The molecule has 0 aromatic heterocycles. The van der Waals surface area contributed by atoms with E-state index in [4.69, 9.17) is 9.47 Å². The Morgan fingerprint density at radius 2 is 1.70 bits per heavy atom. The second-order valence-corrected chi connectivity index (χ2v) is 5.77. The second-order valence-electron chi connectivity index (χ2n) is 5.77. The molecule has 0 bridgehead atoms. The Bertz CT molecular complexity index is 906. The van der Waals surface area contributed by atoms with Gasteiger partial charge in [-0.3, -0.25) is 4.79 Å². The number of ether oxygens (including phenoxy) is 2. The zero-order valence-electron chi connectivity index (χ0n) is 15.0. The number of hydrogen-bond donors (Lipinski definition) is 1. The van der Waals surface area contributed by atoms with E-state index in [1.165, 1.54) is 0 Å². The Hall–Kier alpha value is -3.60. The van der Waals surface area contributed by atoms with Crippen molar-refractivity contribution in [3.63, 3.8) is 0 Å². The average molecular weight is 360 g/mol. The van der Waals surface area contributed by atoms with Crippen molar-refractivity contribution in [2.45, 2.75) is 6.61 Å². The first kappa shape index (κ1) is 18.2. The third-order valence-corrected chi connectivity index (χ3v) is 3.84. The molecule has 3 aromatic carbocycles. The van der Waals surface area contributed by atoms with Crippen LogP contribution >= 0.6 is 0 Å². The van der Waals surface area contributed by atoms with Crippen LogP contribution in [0.2, 0.25) is 0 Å². The van der Waals surface area contributed by atoms with E-state index in [-0.39, 0.29) is 5.91 Å². The molecular weight excluding hydrogens is 340 g/mol. The van der Waals surface area contributed by atoms with Gasteiger partial charge in [0.1, 0.15) is 18.1 Å². The van der Waals surface area contributed by atoms with Crippen LogP contribution in [-0.4, -0.2) is 19.2 Å². The van der Waals surface area contributed by atoms with Crippen molar-refractivity contribution in [1.82, 2.24) is 5.43 Å². The summed E-state index contributed by atoms with van der Waals surface area (Å²) in [5, 5.41) is 3.99. The van der Waals surface area contributed by atoms with Gasteiger partial charge in [0.25, 0.3) is 5.91 Å². The number of nitrogens with one attached hydrogen (secondary N) is 1. The molecule has 0 aliphatic heterocycles. The number of carbonyl (C=O) groups excluding carboxylic acids is 1. The number of amides is 1. The van der Waals surface area contributed by atoms with Crippen molar-refractivity contribution in [3.05, 3.63) is 95.6 Å². The van der Waals surface area contributed by atoms with Gasteiger partial charge in [0, 0.05) is 5.56 Å². The van der Waals surface area contributed by atoms with Gasteiger partial charge in [-0.05, 0) is 47.5 Å². The van der Waals surface area contributed by atoms with Gasteiger partial charge in [-0.25, -0.2) is 5.43 Å². The second kappa shape index (κ2) is 9.20. The van der Waals surface area contributed by atoms with Crippen molar-refractivity contribution in [2.24, 2.45) is 5.10 Å². The molecule has 0 unspecified atom stereocenters. The van der Waals surface area contributed by atoms with E-state index >= 15 is 0 Å². The van der Waals surface area contributed by atoms with Crippen LogP contribution < -0.4 is 14.9 Å². The summed E-state index contributed by atoms with van der Waals surface area (Å²) >= 11 is 0. The molecule has 1 amide bonds. The molecular formula is C22H20N2O3. The first-order valence-electron chi connectivity index (χ1n) is 8.49. The molecule has 0 fully saturated rings. The van der Waals surface area contributed by atoms with E-state index < -0.39 is 0 Å². The number of hydrazone groups is 1. The highest BCUT2D eigenvalue weighted by molar-refractivity contribution is 5.94. The standard InChI is InChI=1S/C22H20N2O3/c1-26-21-9-5-6-18(14-21)15-23-24-22(25)19-12-10-17(11-13-19)16-27-20-7-3-2-4-8-20/h2-15H,16H2,1H3,(H,24,25)/b23-15-. The molecule has 3 rings (SSSR count). The zero-order valence-corrected chi connectivity index (χ0v) is 15.0. The van der Waals surface area contributed by atoms with Crippen molar-refractivity contribution < 1.29 is 14.3 Å². The molecule has 3 aromatic rings. The van der Waals surface area contributed by atoms with E-state index in [2.05, 4.69) is 10.5 Å². The predicted molar refractivity (Wildman–Crippen MR) is 105 cm³/mol. The lowest BCUT2D eigenvalue weighted by molar-refractivity contribution is 0.0955. The maximum atomic E-state index is 12.2. The van der Waals surface area contributed by atoms with E-state index in [1.54, 1.807) is 25.5 Å². The molecule has 5 nitrogen and oxygen atoms in total. The molecule has 0 spiro atoms. The van der Waals surface area contributed by atoms with E-state index in [9.17, 15) is 4.79 Å². The normalized spacial score (nSPS) is 10.6. The molecule has 1 N–H and O–H groups in total. The monoisotopic (exact) mass is 360 g/mol. The van der Waals surface area contributed by atoms with Crippen LogP contribution in [0.4, 0.5) is 0 Å². The van der Waals surface area contributed by atoms with Crippen LogP contribution in [0, 0.1) is 0 Å². The highest BCUT2D eigenvalue weighted by Crippen LogP contribution is 2.13. The lowest BCUT2D eigenvalue weighted by Gasteiger charge is -2.06. The van der Waals surface area contributed by atoms with Gasteiger partial charge in [-0.15, -0.1) is 0 Å². The smallest absolute Gasteiger partial charge is 0.271 e. The quantitative estimate of drug-likeness (QED) is 0.511.